The molecule has 2 aliphatic carbocycles. The molecule has 15 heavy (non-hydrogen) atoms. The Balaban J connectivity index is 1.72. The predicted molar refractivity (Wildman–Crippen MR) is 53.7 cm³/mol. The number of rotatable bonds is 3. The van der Waals surface area contributed by atoms with Crippen LogP contribution in [0.5, 0.6) is 0 Å². The van der Waals surface area contributed by atoms with Crippen molar-refractivity contribution in [2.24, 2.45) is 5.92 Å². The van der Waals surface area contributed by atoms with Crippen molar-refractivity contribution in [1.82, 2.24) is 9.97 Å². The smallest absolute Gasteiger partial charge is 0.307 e. The number of aromatic amines is 1. The SMILES string of the molecule is O=C(O)C1CC1c1ncc(C2CCC2)[nH]1. The second-order valence-electron chi connectivity index (χ2n) is 4.64. The van der Waals surface area contributed by atoms with E-state index in [1.54, 1.807) is 0 Å². The van der Waals surface area contributed by atoms with Crippen LogP contribution in [0.2, 0.25) is 0 Å². The fraction of sp³-hybridized carbons (Fsp3) is 0.636. The third-order valence-electron chi connectivity index (χ3n) is 3.62. The highest BCUT2D eigenvalue weighted by atomic mass is 16.4. The molecule has 0 aromatic carbocycles. The number of aliphatic carboxylic acids is 1. The highest BCUT2D eigenvalue weighted by Gasteiger charge is 2.46. The number of hydrogen-bond donors (Lipinski definition) is 2. The van der Waals surface area contributed by atoms with E-state index in [2.05, 4.69) is 9.97 Å². The first-order chi connectivity index (χ1) is 7.25. The van der Waals surface area contributed by atoms with Gasteiger partial charge in [0.15, 0.2) is 0 Å². The zero-order chi connectivity index (χ0) is 10.4. The van der Waals surface area contributed by atoms with Gasteiger partial charge in [0.1, 0.15) is 5.82 Å². The number of H-pyrrole nitrogens is 1. The minimum Gasteiger partial charge on any atom is -0.481 e. The van der Waals surface area contributed by atoms with E-state index in [0.717, 1.165) is 12.2 Å². The Morgan fingerprint density at radius 1 is 1.53 bits per heavy atom. The molecule has 0 bridgehead atoms. The Morgan fingerprint density at radius 2 is 2.33 bits per heavy atom. The van der Waals surface area contributed by atoms with Crippen molar-refractivity contribution >= 4 is 5.97 Å². The minimum absolute atomic E-state index is 0.135. The van der Waals surface area contributed by atoms with Crippen LogP contribution in [0.4, 0.5) is 0 Å². The number of carboxylic acid groups (broad SMARTS) is 1. The topological polar surface area (TPSA) is 66.0 Å². The minimum atomic E-state index is -0.693. The molecule has 2 N–H and O–H groups in total. The summed E-state index contributed by atoms with van der Waals surface area (Å²) in [7, 11) is 0. The number of carbonyl (C=O) groups is 1. The number of hydrogen-bond acceptors (Lipinski definition) is 2. The van der Waals surface area contributed by atoms with Gasteiger partial charge < -0.3 is 10.1 Å². The van der Waals surface area contributed by atoms with E-state index in [1.807, 2.05) is 6.20 Å². The average Bonchev–Trinajstić information content (AvgIpc) is 2.78. The summed E-state index contributed by atoms with van der Waals surface area (Å²) < 4.78 is 0. The zero-order valence-corrected chi connectivity index (χ0v) is 8.44. The first-order valence-electron chi connectivity index (χ1n) is 5.53. The lowest BCUT2D eigenvalue weighted by Gasteiger charge is -2.23. The highest BCUT2D eigenvalue weighted by molar-refractivity contribution is 5.74. The summed E-state index contributed by atoms with van der Waals surface area (Å²) in [5.41, 5.74) is 1.20. The maximum atomic E-state index is 10.7. The third-order valence-corrected chi connectivity index (χ3v) is 3.62. The van der Waals surface area contributed by atoms with Gasteiger partial charge in [0.05, 0.1) is 5.92 Å². The van der Waals surface area contributed by atoms with Crippen molar-refractivity contribution in [3.05, 3.63) is 17.7 Å². The Hall–Kier alpha value is -1.32. The van der Waals surface area contributed by atoms with Gasteiger partial charge in [-0.15, -0.1) is 0 Å². The number of carboxylic acids is 1. The van der Waals surface area contributed by atoms with E-state index in [9.17, 15) is 4.79 Å². The predicted octanol–water partition coefficient (Wildman–Crippen LogP) is 1.87. The molecule has 4 nitrogen and oxygen atoms in total. The quantitative estimate of drug-likeness (QED) is 0.793. The van der Waals surface area contributed by atoms with Crippen LogP contribution in [-0.4, -0.2) is 21.0 Å². The molecular formula is C11H14N2O2. The van der Waals surface area contributed by atoms with Gasteiger partial charge in [-0.1, -0.05) is 6.42 Å². The van der Waals surface area contributed by atoms with E-state index in [1.165, 1.54) is 25.0 Å². The summed E-state index contributed by atoms with van der Waals surface area (Å²) in [6.45, 7) is 0. The molecule has 0 saturated heterocycles. The third kappa shape index (κ3) is 1.44. The van der Waals surface area contributed by atoms with Crippen LogP contribution in [0.15, 0.2) is 6.20 Å². The molecular weight excluding hydrogens is 192 g/mol. The number of imidazole rings is 1. The van der Waals surface area contributed by atoms with Gasteiger partial charge in [-0.05, 0) is 19.3 Å². The second kappa shape index (κ2) is 3.08. The van der Waals surface area contributed by atoms with Crippen LogP contribution in [0.1, 0.15) is 49.0 Å². The van der Waals surface area contributed by atoms with E-state index in [-0.39, 0.29) is 11.8 Å². The molecule has 2 unspecified atom stereocenters. The summed E-state index contributed by atoms with van der Waals surface area (Å²) in [4.78, 5) is 18.3. The lowest BCUT2D eigenvalue weighted by atomic mass is 9.83. The molecule has 4 heteroatoms. The van der Waals surface area contributed by atoms with Crippen molar-refractivity contribution in [3.63, 3.8) is 0 Å². The first-order valence-corrected chi connectivity index (χ1v) is 5.53. The van der Waals surface area contributed by atoms with E-state index < -0.39 is 5.97 Å². The molecule has 80 valence electrons. The molecule has 0 aliphatic heterocycles. The van der Waals surface area contributed by atoms with Crippen molar-refractivity contribution in [3.8, 4) is 0 Å². The molecule has 1 heterocycles. The monoisotopic (exact) mass is 206 g/mol. The van der Waals surface area contributed by atoms with Gasteiger partial charge in [-0.2, -0.15) is 0 Å². The lowest BCUT2D eigenvalue weighted by Crippen LogP contribution is -2.09. The van der Waals surface area contributed by atoms with Crippen molar-refractivity contribution in [1.29, 1.82) is 0 Å². The summed E-state index contributed by atoms with van der Waals surface area (Å²) in [5, 5.41) is 8.82. The van der Waals surface area contributed by atoms with Crippen molar-refractivity contribution in [2.45, 2.75) is 37.5 Å². The summed E-state index contributed by atoms with van der Waals surface area (Å²) in [5.74, 6) is 0.765. The average molecular weight is 206 g/mol. The Kier molecular flexibility index (Phi) is 1.84. The molecule has 0 radical (unpaired) electrons. The van der Waals surface area contributed by atoms with Gasteiger partial charge in [0.2, 0.25) is 0 Å². The normalized spacial score (nSPS) is 29.9. The van der Waals surface area contributed by atoms with Crippen LogP contribution in [0, 0.1) is 5.92 Å². The van der Waals surface area contributed by atoms with Gasteiger partial charge in [-0.3, -0.25) is 4.79 Å². The van der Waals surface area contributed by atoms with Crippen LogP contribution in [0.3, 0.4) is 0 Å². The summed E-state index contributed by atoms with van der Waals surface area (Å²) in [6.07, 6.45) is 6.42. The van der Waals surface area contributed by atoms with E-state index in [0.29, 0.717) is 5.92 Å². The fourth-order valence-corrected chi connectivity index (χ4v) is 2.24. The van der Waals surface area contributed by atoms with E-state index in [4.69, 9.17) is 5.11 Å². The Morgan fingerprint density at radius 3 is 2.87 bits per heavy atom. The largest absolute Gasteiger partial charge is 0.481 e. The molecule has 0 amide bonds. The summed E-state index contributed by atoms with van der Waals surface area (Å²) in [6, 6.07) is 0. The molecule has 1 aromatic heterocycles. The molecule has 3 rings (SSSR count). The van der Waals surface area contributed by atoms with Gasteiger partial charge >= 0.3 is 5.97 Å². The number of nitrogens with one attached hydrogen (secondary N) is 1. The second-order valence-corrected chi connectivity index (χ2v) is 4.64. The molecule has 1 aromatic rings. The van der Waals surface area contributed by atoms with Crippen LogP contribution in [0.25, 0.3) is 0 Å². The molecule has 2 atom stereocenters. The molecule has 2 saturated carbocycles. The van der Waals surface area contributed by atoms with Gasteiger partial charge in [-0.25, -0.2) is 4.98 Å². The van der Waals surface area contributed by atoms with Gasteiger partial charge in [0, 0.05) is 23.7 Å². The zero-order valence-electron chi connectivity index (χ0n) is 8.44. The number of nitrogens with zero attached hydrogens (tertiary/aromatic N) is 1. The standard InChI is InChI=1S/C11H14N2O2/c14-11(15)8-4-7(8)10-12-5-9(13-10)6-2-1-3-6/h5-8H,1-4H2,(H,12,13)(H,14,15). The maximum absolute atomic E-state index is 10.7. The highest BCUT2D eigenvalue weighted by Crippen LogP contribution is 2.47. The van der Waals surface area contributed by atoms with Crippen LogP contribution >= 0.6 is 0 Å². The van der Waals surface area contributed by atoms with Crippen molar-refractivity contribution < 1.29 is 9.90 Å². The first kappa shape index (κ1) is 8.95. The fourth-order valence-electron chi connectivity index (χ4n) is 2.24. The van der Waals surface area contributed by atoms with E-state index >= 15 is 0 Å². The molecule has 2 aliphatic rings. The van der Waals surface area contributed by atoms with Crippen LogP contribution < -0.4 is 0 Å². The van der Waals surface area contributed by atoms with Crippen molar-refractivity contribution in [2.75, 3.05) is 0 Å². The Bertz CT molecular complexity index is 395. The molecule has 2 fully saturated rings. The van der Waals surface area contributed by atoms with Gasteiger partial charge in [0.25, 0.3) is 0 Å². The van der Waals surface area contributed by atoms with Crippen LogP contribution in [-0.2, 0) is 4.79 Å². The molecule has 0 spiro atoms. The summed E-state index contributed by atoms with van der Waals surface area (Å²) >= 11 is 0. The lowest BCUT2D eigenvalue weighted by molar-refractivity contribution is -0.138. The maximum Gasteiger partial charge on any atom is 0.307 e. The number of aromatic nitrogens is 2. The Labute approximate surface area is 87.7 Å².